The minimum atomic E-state index is -0.565. The number of ether oxygens (including phenoxy) is 2. The molecule has 2 aliphatic carbocycles. The first-order chi connectivity index (χ1) is 18.0. The number of carbonyl (C=O) groups is 1. The Morgan fingerprint density at radius 1 is 1.16 bits per heavy atom. The summed E-state index contributed by atoms with van der Waals surface area (Å²) in [6.07, 6.45) is 9.84. The van der Waals surface area contributed by atoms with E-state index in [2.05, 4.69) is 22.2 Å². The van der Waals surface area contributed by atoms with Gasteiger partial charge in [0.1, 0.15) is 11.6 Å². The van der Waals surface area contributed by atoms with Crippen LogP contribution in [0.2, 0.25) is 0 Å². The van der Waals surface area contributed by atoms with Gasteiger partial charge in [-0.05, 0) is 31.6 Å². The summed E-state index contributed by atoms with van der Waals surface area (Å²) in [5.41, 5.74) is 1.66. The van der Waals surface area contributed by atoms with Crippen LogP contribution in [0.4, 0.5) is 26.6 Å². The Bertz CT molecular complexity index is 1190. The number of anilines is 3. The predicted molar refractivity (Wildman–Crippen MR) is 141 cm³/mol. The number of halogens is 1. The van der Waals surface area contributed by atoms with Crippen LogP contribution in [0.1, 0.15) is 55.6 Å². The molecule has 2 heterocycles. The van der Waals surface area contributed by atoms with Crippen LogP contribution in [0.15, 0.2) is 24.9 Å². The van der Waals surface area contributed by atoms with Gasteiger partial charge in [0.2, 0.25) is 5.95 Å². The van der Waals surface area contributed by atoms with Crippen LogP contribution in [-0.2, 0) is 6.54 Å². The van der Waals surface area contributed by atoms with Gasteiger partial charge in [-0.3, -0.25) is 9.80 Å². The number of methoxy groups -OCH3 is 2. The molecule has 2 aromatic rings. The van der Waals surface area contributed by atoms with Crippen molar-refractivity contribution >= 4 is 23.5 Å². The van der Waals surface area contributed by atoms with Crippen LogP contribution in [0.25, 0.3) is 0 Å². The SMILES string of the molecule is C=CCN[C@H]1CCCC[C@H]1Nc1ncc2c(n1)N(C)C(=O)N(c1c(F)c(OC)cc(OC)c1C1CC1)C2. The zero-order chi connectivity index (χ0) is 26.1. The molecule has 0 spiro atoms. The van der Waals surface area contributed by atoms with Gasteiger partial charge in [0.15, 0.2) is 11.6 Å². The van der Waals surface area contributed by atoms with E-state index in [0.29, 0.717) is 29.1 Å². The second-order valence-electron chi connectivity index (χ2n) is 9.94. The fraction of sp³-hybridized carbons (Fsp3) is 0.519. The summed E-state index contributed by atoms with van der Waals surface area (Å²) in [6, 6.07) is 1.68. The zero-order valence-electron chi connectivity index (χ0n) is 21.7. The maximum absolute atomic E-state index is 15.7. The molecule has 2 atom stereocenters. The highest BCUT2D eigenvalue weighted by Gasteiger charge is 2.40. The molecule has 0 radical (unpaired) electrons. The molecular formula is C27H35FN6O3. The fourth-order valence-electron chi connectivity index (χ4n) is 5.46. The lowest BCUT2D eigenvalue weighted by Gasteiger charge is -2.36. The summed E-state index contributed by atoms with van der Waals surface area (Å²) in [6.45, 7) is 4.70. The predicted octanol–water partition coefficient (Wildman–Crippen LogP) is 4.59. The van der Waals surface area contributed by atoms with Crippen molar-refractivity contribution in [1.82, 2.24) is 15.3 Å². The van der Waals surface area contributed by atoms with E-state index in [1.54, 1.807) is 26.4 Å². The molecule has 5 rings (SSSR count). The Morgan fingerprint density at radius 2 is 1.89 bits per heavy atom. The Balaban J connectivity index is 1.45. The molecule has 10 heteroatoms. The molecule has 3 aliphatic rings. The molecule has 2 fully saturated rings. The van der Waals surface area contributed by atoms with Gasteiger partial charge >= 0.3 is 6.03 Å². The van der Waals surface area contributed by atoms with Crippen LogP contribution in [-0.4, -0.2) is 55.9 Å². The third-order valence-corrected chi connectivity index (χ3v) is 7.51. The highest BCUT2D eigenvalue weighted by Crippen LogP contribution is 2.52. The lowest BCUT2D eigenvalue weighted by atomic mass is 9.90. The number of hydrogen-bond acceptors (Lipinski definition) is 7. The smallest absolute Gasteiger partial charge is 0.330 e. The molecule has 0 unspecified atom stereocenters. The van der Waals surface area contributed by atoms with Crippen molar-refractivity contribution in [3.8, 4) is 11.5 Å². The number of amides is 2. The van der Waals surface area contributed by atoms with Crippen molar-refractivity contribution < 1.29 is 18.7 Å². The molecule has 0 saturated heterocycles. The van der Waals surface area contributed by atoms with Gasteiger partial charge in [-0.1, -0.05) is 18.9 Å². The summed E-state index contributed by atoms with van der Waals surface area (Å²) in [4.78, 5) is 25.8. The maximum Gasteiger partial charge on any atom is 0.330 e. The third-order valence-electron chi connectivity index (χ3n) is 7.51. The number of nitrogens with zero attached hydrogens (tertiary/aromatic N) is 4. The Kier molecular flexibility index (Phi) is 7.19. The third kappa shape index (κ3) is 4.82. The number of urea groups is 1. The standard InChI is InChI=1S/C27H35FN6O3/c1-5-12-29-18-8-6-7-9-19(18)31-26-30-14-17-15-34(27(35)33(2)25(17)32-26)24-22(16-10-11-16)20(36-3)13-21(37-4)23(24)28/h5,13-14,16,18-19,29H,1,6-12,15H2,2-4H3,(H,30,31,32)/t18-,19+/m0/s1. The molecule has 1 aromatic carbocycles. The number of rotatable bonds is 9. The molecule has 1 aromatic heterocycles. The summed E-state index contributed by atoms with van der Waals surface area (Å²) < 4.78 is 26.6. The summed E-state index contributed by atoms with van der Waals surface area (Å²) >= 11 is 0. The lowest BCUT2D eigenvalue weighted by molar-refractivity contribution is 0.250. The number of hydrogen-bond donors (Lipinski definition) is 2. The number of nitrogens with one attached hydrogen (secondary N) is 2. The van der Waals surface area contributed by atoms with Crippen molar-refractivity contribution in [2.75, 3.05) is 42.9 Å². The normalized spacial score (nSPS) is 21.5. The fourth-order valence-corrected chi connectivity index (χ4v) is 5.46. The average molecular weight is 511 g/mol. The first-order valence-electron chi connectivity index (χ1n) is 12.9. The van der Waals surface area contributed by atoms with Crippen molar-refractivity contribution in [2.45, 2.75) is 63.1 Å². The summed E-state index contributed by atoms with van der Waals surface area (Å²) in [7, 11) is 4.61. The summed E-state index contributed by atoms with van der Waals surface area (Å²) in [5.74, 6) is 1.15. The first kappa shape index (κ1) is 25.3. The monoisotopic (exact) mass is 510 g/mol. The number of fused-ring (bicyclic) bond motifs is 1. The van der Waals surface area contributed by atoms with Gasteiger partial charge < -0.3 is 20.1 Å². The Hall–Kier alpha value is -3.40. The van der Waals surface area contributed by atoms with Gasteiger partial charge in [-0.15, -0.1) is 6.58 Å². The van der Waals surface area contributed by atoms with E-state index in [4.69, 9.17) is 14.5 Å². The van der Waals surface area contributed by atoms with Gasteiger partial charge in [0.25, 0.3) is 0 Å². The van der Waals surface area contributed by atoms with Gasteiger partial charge in [-0.25, -0.2) is 14.2 Å². The first-order valence-corrected chi connectivity index (χ1v) is 12.9. The maximum atomic E-state index is 15.7. The van der Waals surface area contributed by atoms with Crippen LogP contribution in [0.5, 0.6) is 11.5 Å². The molecule has 2 saturated carbocycles. The Morgan fingerprint density at radius 3 is 2.57 bits per heavy atom. The van der Waals surface area contributed by atoms with Crippen LogP contribution in [0, 0.1) is 5.82 Å². The molecular weight excluding hydrogens is 475 g/mol. The van der Waals surface area contributed by atoms with E-state index < -0.39 is 5.82 Å². The number of benzene rings is 1. The molecule has 2 amide bonds. The second-order valence-corrected chi connectivity index (χ2v) is 9.94. The summed E-state index contributed by atoms with van der Waals surface area (Å²) in [5, 5.41) is 7.00. The van der Waals surface area contributed by atoms with Gasteiger partial charge in [0.05, 0.1) is 26.5 Å². The lowest BCUT2D eigenvalue weighted by Crippen LogP contribution is -2.48. The topological polar surface area (TPSA) is 91.9 Å². The number of aromatic nitrogens is 2. The van der Waals surface area contributed by atoms with E-state index in [9.17, 15) is 4.79 Å². The highest BCUT2D eigenvalue weighted by atomic mass is 19.1. The zero-order valence-corrected chi connectivity index (χ0v) is 21.7. The van der Waals surface area contributed by atoms with E-state index in [1.165, 1.54) is 23.3 Å². The largest absolute Gasteiger partial charge is 0.496 e. The quantitative estimate of drug-likeness (QED) is 0.477. The minimum absolute atomic E-state index is 0.0420. The van der Waals surface area contributed by atoms with Gasteiger partial charge in [0, 0.05) is 49.1 Å². The minimum Gasteiger partial charge on any atom is -0.496 e. The highest BCUT2D eigenvalue weighted by molar-refractivity contribution is 6.06. The van der Waals surface area contributed by atoms with E-state index in [0.717, 1.165) is 44.2 Å². The van der Waals surface area contributed by atoms with Crippen molar-refractivity contribution in [3.63, 3.8) is 0 Å². The number of carbonyl (C=O) groups excluding carboxylic acids is 1. The molecule has 0 bridgehead atoms. The van der Waals surface area contributed by atoms with E-state index in [1.807, 2.05) is 6.08 Å². The van der Waals surface area contributed by atoms with Gasteiger partial charge in [-0.2, -0.15) is 4.98 Å². The Labute approximate surface area is 217 Å². The van der Waals surface area contributed by atoms with Crippen LogP contribution < -0.4 is 29.9 Å². The van der Waals surface area contributed by atoms with Crippen molar-refractivity contribution in [2.24, 2.45) is 0 Å². The molecule has 9 nitrogen and oxygen atoms in total. The molecule has 37 heavy (non-hydrogen) atoms. The van der Waals surface area contributed by atoms with Crippen LogP contribution >= 0.6 is 0 Å². The molecule has 2 N–H and O–H groups in total. The molecule has 1 aliphatic heterocycles. The van der Waals surface area contributed by atoms with E-state index in [-0.39, 0.29) is 36.0 Å². The van der Waals surface area contributed by atoms with Crippen LogP contribution in [0.3, 0.4) is 0 Å². The van der Waals surface area contributed by atoms with E-state index >= 15 is 4.39 Å². The van der Waals surface area contributed by atoms with Crippen molar-refractivity contribution in [1.29, 1.82) is 0 Å². The van der Waals surface area contributed by atoms with Crippen molar-refractivity contribution in [3.05, 3.63) is 41.9 Å². The average Bonchev–Trinajstić information content (AvgIpc) is 3.76. The molecule has 198 valence electrons. The second kappa shape index (κ2) is 10.5.